The number of ether oxygens (including phenoxy) is 1. The number of aromatic nitrogens is 1. The molecule has 124 valence electrons. The molecule has 0 spiro atoms. The van der Waals surface area contributed by atoms with Crippen molar-refractivity contribution >= 4 is 23.6 Å². The standard InChI is InChI=1S/C17H15FN2O3S/c1-23-17(22)10-2-4-14(19-9-10)16(21)20-13-6-7-24-15-5-3-11(18)8-12(13)15/h2-5,8-9,13H,6-7H2,1H3,(H,20,21). The summed E-state index contributed by atoms with van der Waals surface area (Å²) >= 11 is 1.65. The Kier molecular flexibility index (Phi) is 4.80. The minimum absolute atomic E-state index is 0.193. The van der Waals surface area contributed by atoms with Gasteiger partial charge in [0.2, 0.25) is 0 Å². The van der Waals surface area contributed by atoms with Crippen molar-refractivity contribution in [2.75, 3.05) is 12.9 Å². The predicted molar refractivity (Wildman–Crippen MR) is 87.5 cm³/mol. The van der Waals surface area contributed by atoms with E-state index in [4.69, 9.17) is 0 Å². The van der Waals surface area contributed by atoms with Crippen molar-refractivity contribution in [3.8, 4) is 0 Å². The monoisotopic (exact) mass is 346 g/mol. The van der Waals surface area contributed by atoms with Crippen LogP contribution >= 0.6 is 11.8 Å². The highest BCUT2D eigenvalue weighted by atomic mass is 32.2. The molecule has 1 atom stereocenters. The molecule has 1 aromatic heterocycles. The number of carbonyl (C=O) groups is 2. The van der Waals surface area contributed by atoms with Crippen molar-refractivity contribution in [1.82, 2.24) is 10.3 Å². The normalized spacial score (nSPS) is 16.2. The van der Waals surface area contributed by atoms with E-state index < -0.39 is 5.97 Å². The number of fused-ring (bicyclic) bond motifs is 1. The number of nitrogens with zero attached hydrogens (tertiary/aromatic N) is 1. The second-order valence-corrected chi connectivity index (χ2v) is 6.41. The summed E-state index contributed by atoms with van der Waals surface area (Å²) in [6.07, 6.45) is 2.01. The number of rotatable bonds is 3. The quantitative estimate of drug-likeness (QED) is 0.866. The lowest BCUT2D eigenvalue weighted by Crippen LogP contribution is -2.31. The minimum atomic E-state index is -0.511. The largest absolute Gasteiger partial charge is 0.465 e. The molecule has 0 radical (unpaired) electrons. The van der Waals surface area contributed by atoms with Gasteiger partial charge in [0.05, 0.1) is 18.7 Å². The molecule has 3 rings (SSSR count). The molecule has 0 fully saturated rings. The summed E-state index contributed by atoms with van der Waals surface area (Å²) in [6.45, 7) is 0. The molecule has 0 aliphatic carbocycles. The number of amides is 1. The first-order chi connectivity index (χ1) is 11.6. The van der Waals surface area contributed by atoms with E-state index in [2.05, 4.69) is 15.0 Å². The Balaban J connectivity index is 1.76. The highest BCUT2D eigenvalue weighted by Gasteiger charge is 2.23. The first-order valence-corrected chi connectivity index (χ1v) is 8.34. The van der Waals surface area contributed by atoms with Crippen molar-refractivity contribution < 1.29 is 18.7 Å². The van der Waals surface area contributed by atoms with Crippen LogP contribution in [0.1, 0.15) is 38.9 Å². The van der Waals surface area contributed by atoms with Crippen LogP contribution in [0, 0.1) is 5.82 Å². The zero-order valence-electron chi connectivity index (χ0n) is 12.9. The number of carbonyl (C=O) groups excluding carboxylic acids is 2. The van der Waals surface area contributed by atoms with Crippen molar-refractivity contribution in [2.24, 2.45) is 0 Å². The van der Waals surface area contributed by atoms with Crippen LogP contribution in [0.15, 0.2) is 41.4 Å². The maximum Gasteiger partial charge on any atom is 0.339 e. The number of thioether (sulfide) groups is 1. The van der Waals surface area contributed by atoms with Crippen LogP contribution in [0.5, 0.6) is 0 Å². The van der Waals surface area contributed by atoms with Gasteiger partial charge >= 0.3 is 5.97 Å². The molecule has 2 heterocycles. The number of hydrogen-bond acceptors (Lipinski definition) is 5. The van der Waals surface area contributed by atoms with E-state index in [1.54, 1.807) is 17.8 Å². The van der Waals surface area contributed by atoms with Gasteiger partial charge in [0, 0.05) is 16.8 Å². The molecular weight excluding hydrogens is 331 g/mol. The van der Waals surface area contributed by atoms with Gasteiger partial charge in [-0.1, -0.05) is 0 Å². The van der Waals surface area contributed by atoms with Gasteiger partial charge in [0.1, 0.15) is 11.5 Å². The van der Waals surface area contributed by atoms with Crippen LogP contribution < -0.4 is 5.32 Å². The fourth-order valence-corrected chi connectivity index (χ4v) is 3.62. The minimum Gasteiger partial charge on any atom is -0.465 e. The Morgan fingerprint density at radius 2 is 2.17 bits per heavy atom. The average molecular weight is 346 g/mol. The second kappa shape index (κ2) is 7.00. The molecular formula is C17H15FN2O3S. The molecule has 0 saturated heterocycles. The SMILES string of the molecule is COC(=O)c1ccc(C(=O)NC2CCSc3ccc(F)cc32)nc1. The summed E-state index contributed by atoms with van der Waals surface area (Å²) < 4.78 is 18.1. The van der Waals surface area contributed by atoms with E-state index in [0.717, 1.165) is 16.2 Å². The van der Waals surface area contributed by atoms with E-state index in [0.29, 0.717) is 6.42 Å². The highest BCUT2D eigenvalue weighted by molar-refractivity contribution is 7.99. The average Bonchev–Trinajstić information content (AvgIpc) is 2.61. The fourth-order valence-electron chi connectivity index (χ4n) is 2.51. The first-order valence-electron chi connectivity index (χ1n) is 7.36. The lowest BCUT2D eigenvalue weighted by Gasteiger charge is -2.25. The number of pyridine rings is 1. The smallest absolute Gasteiger partial charge is 0.339 e. The zero-order valence-corrected chi connectivity index (χ0v) is 13.7. The molecule has 0 saturated carbocycles. The van der Waals surface area contributed by atoms with Crippen LogP contribution in [-0.4, -0.2) is 29.7 Å². The molecule has 1 unspecified atom stereocenters. The van der Waals surface area contributed by atoms with E-state index in [9.17, 15) is 14.0 Å². The predicted octanol–water partition coefficient (Wildman–Crippen LogP) is 2.97. The van der Waals surface area contributed by atoms with Crippen molar-refractivity contribution in [3.05, 3.63) is 59.2 Å². The summed E-state index contributed by atoms with van der Waals surface area (Å²) in [6, 6.07) is 7.30. The van der Waals surface area contributed by atoms with Gasteiger partial charge in [-0.05, 0) is 42.3 Å². The van der Waals surface area contributed by atoms with E-state index >= 15 is 0 Å². The number of halogens is 1. The van der Waals surface area contributed by atoms with E-state index in [1.807, 2.05) is 0 Å². The van der Waals surface area contributed by atoms with Gasteiger partial charge < -0.3 is 10.1 Å². The molecule has 0 bridgehead atoms. The second-order valence-electron chi connectivity index (χ2n) is 5.27. The third-order valence-electron chi connectivity index (χ3n) is 3.73. The van der Waals surface area contributed by atoms with Gasteiger partial charge in [0.25, 0.3) is 5.91 Å². The first kappa shape index (κ1) is 16.4. The fraction of sp³-hybridized carbons (Fsp3) is 0.235. The van der Waals surface area contributed by atoms with Gasteiger partial charge in [-0.15, -0.1) is 11.8 Å². The van der Waals surface area contributed by atoms with Gasteiger partial charge in [-0.3, -0.25) is 9.78 Å². The molecule has 24 heavy (non-hydrogen) atoms. The summed E-state index contributed by atoms with van der Waals surface area (Å²) in [5.41, 5.74) is 1.25. The molecule has 1 aromatic carbocycles. The summed E-state index contributed by atoms with van der Waals surface area (Å²) in [7, 11) is 1.28. The number of hydrogen-bond donors (Lipinski definition) is 1. The summed E-state index contributed by atoms with van der Waals surface area (Å²) in [4.78, 5) is 28.7. The summed E-state index contributed by atoms with van der Waals surface area (Å²) in [5, 5.41) is 2.88. The molecule has 2 aromatic rings. The van der Waals surface area contributed by atoms with Gasteiger partial charge in [-0.25, -0.2) is 9.18 Å². The highest BCUT2D eigenvalue weighted by Crippen LogP contribution is 2.36. The number of methoxy groups -OCH3 is 1. The lowest BCUT2D eigenvalue weighted by molar-refractivity contribution is 0.0599. The third kappa shape index (κ3) is 3.41. The Labute approximate surface area is 142 Å². The lowest BCUT2D eigenvalue weighted by atomic mass is 10.0. The Morgan fingerprint density at radius 1 is 1.33 bits per heavy atom. The van der Waals surface area contributed by atoms with Crippen molar-refractivity contribution in [1.29, 1.82) is 0 Å². The molecule has 1 aliphatic rings. The van der Waals surface area contributed by atoms with E-state index in [-0.39, 0.29) is 29.0 Å². The molecule has 1 aliphatic heterocycles. The number of esters is 1. The molecule has 7 heteroatoms. The van der Waals surface area contributed by atoms with Crippen LogP contribution in [-0.2, 0) is 4.74 Å². The number of benzene rings is 1. The van der Waals surface area contributed by atoms with E-state index in [1.165, 1.54) is 37.6 Å². The topological polar surface area (TPSA) is 68.3 Å². The van der Waals surface area contributed by atoms with Gasteiger partial charge in [-0.2, -0.15) is 0 Å². The van der Waals surface area contributed by atoms with Crippen LogP contribution in [0.3, 0.4) is 0 Å². The van der Waals surface area contributed by atoms with Crippen molar-refractivity contribution in [3.63, 3.8) is 0 Å². The maximum atomic E-state index is 13.5. The van der Waals surface area contributed by atoms with Crippen molar-refractivity contribution in [2.45, 2.75) is 17.4 Å². The Hall–Kier alpha value is -2.41. The van der Waals surface area contributed by atoms with Gasteiger partial charge in [0.15, 0.2) is 0 Å². The molecule has 1 N–H and O–H groups in total. The molecule has 1 amide bonds. The third-order valence-corrected chi connectivity index (χ3v) is 4.86. The molecule has 5 nitrogen and oxygen atoms in total. The van der Waals surface area contributed by atoms with Crippen LogP contribution in [0.25, 0.3) is 0 Å². The maximum absolute atomic E-state index is 13.5. The van der Waals surface area contributed by atoms with Crippen LogP contribution in [0.2, 0.25) is 0 Å². The summed E-state index contributed by atoms with van der Waals surface area (Å²) in [5.74, 6) is -0.351. The zero-order chi connectivity index (χ0) is 17.1. The van der Waals surface area contributed by atoms with Crippen LogP contribution in [0.4, 0.5) is 4.39 Å². The Morgan fingerprint density at radius 3 is 2.88 bits per heavy atom. The Bertz CT molecular complexity index is 780. The number of nitrogens with one attached hydrogen (secondary N) is 1.